The maximum atomic E-state index is 10.3. The molecule has 0 radical (unpaired) electrons. The fourth-order valence-corrected chi connectivity index (χ4v) is 4.11. The number of fused-ring (bicyclic) bond motifs is 1. The van der Waals surface area contributed by atoms with Gasteiger partial charge in [0.1, 0.15) is 0 Å². The number of rotatable bonds is 2. The van der Waals surface area contributed by atoms with Crippen LogP contribution in [-0.2, 0) is 11.2 Å². The average molecular weight is 282 g/mol. The summed E-state index contributed by atoms with van der Waals surface area (Å²) in [6.07, 6.45) is 2.51. The van der Waals surface area contributed by atoms with Crippen LogP contribution in [0.4, 0.5) is 5.13 Å². The maximum absolute atomic E-state index is 10.3. The second kappa shape index (κ2) is 4.72. The van der Waals surface area contributed by atoms with Crippen molar-refractivity contribution in [2.75, 3.05) is 25.2 Å². The van der Waals surface area contributed by atoms with E-state index in [4.69, 9.17) is 9.72 Å². The molecule has 0 amide bonds. The van der Waals surface area contributed by atoms with Gasteiger partial charge in [-0.2, -0.15) is 0 Å². The van der Waals surface area contributed by atoms with E-state index in [1.165, 1.54) is 0 Å². The molecule has 106 valence electrons. The van der Waals surface area contributed by atoms with Gasteiger partial charge in [0.2, 0.25) is 0 Å². The zero-order valence-corrected chi connectivity index (χ0v) is 12.7. The molecule has 2 atom stereocenters. The molecule has 1 aliphatic heterocycles. The summed E-state index contributed by atoms with van der Waals surface area (Å²) in [6.45, 7) is 6.03. The van der Waals surface area contributed by atoms with E-state index in [1.54, 1.807) is 11.3 Å². The lowest BCUT2D eigenvalue weighted by Gasteiger charge is -2.31. The molecule has 1 aromatic heterocycles. The third kappa shape index (κ3) is 2.51. The van der Waals surface area contributed by atoms with Gasteiger partial charge in [-0.05, 0) is 24.7 Å². The van der Waals surface area contributed by atoms with Crippen molar-refractivity contribution in [1.29, 1.82) is 0 Å². The Morgan fingerprint density at radius 1 is 1.47 bits per heavy atom. The van der Waals surface area contributed by atoms with Crippen LogP contribution in [0.5, 0.6) is 0 Å². The minimum Gasteiger partial charge on any atom is -0.387 e. The predicted molar refractivity (Wildman–Crippen MR) is 76.8 cm³/mol. The van der Waals surface area contributed by atoms with Crippen LogP contribution in [0.15, 0.2) is 0 Å². The quantitative estimate of drug-likeness (QED) is 0.904. The van der Waals surface area contributed by atoms with Crippen LogP contribution in [-0.4, -0.2) is 36.4 Å². The Labute approximate surface area is 118 Å². The zero-order chi connectivity index (χ0) is 13.6. The number of likely N-dealkylation sites (N-methyl/N-ethyl adjacent to an activating group) is 1. The number of nitrogens with zero attached hydrogens (tertiary/aromatic N) is 2. The fraction of sp³-hybridized carbons (Fsp3) is 0.786. The van der Waals surface area contributed by atoms with Crippen molar-refractivity contribution in [2.24, 2.45) is 5.41 Å². The summed E-state index contributed by atoms with van der Waals surface area (Å²) in [7, 11) is 2.08. The molecule has 1 aliphatic carbocycles. The molecule has 4 nitrogen and oxygen atoms in total. The molecule has 2 heterocycles. The van der Waals surface area contributed by atoms with E-state index in [-0.39, 0.29) is 11.5 Å². The van der Waals surface area contributed by atoms with E-state index in [2.05, 4.69) is 25.8 Å². The molecule has 0 saturated carbocycles. The molecule has 0 spiro atoms. The Morgan fingerprint density at radius 2 is 2.26 bits per heavy atom. The molecule has 1 aromatic rings. The minimum absolute atomic E-state index is 0.146. The van der Waals surface area contributed by atoms with Gasteiger partial charge < -0.3 is 14.7 Å². The number of anilines is 1. The van der Waals surface area contributed by atoms with Crippen LogP contribution < -0.4 is 4.90 Å². The molecule has 2 aliphatic rings. The van der Waals surface area contributed by atoms with Crippen molar-refractivity contribution in [3.63, 3.8) is 0 Å². The lowest BCUT2D eigenvalue weighted by atomic mass is 9.77. The zero-order valence-electron chi connectivity index (χ0n) is 11.8. The van der Waals surface area contributed by atoms with Crippen molar-refractivity contribution >= 4 is 16.5 Å². The smallest absolute Gasteiger partial charge is 0.185 e. The van der Waals surface area contributed by atoms with Crippen LogP contribution in [0.25, 0.3) is 0 Å². The van der Waals surface area contributed by atoms with Gasteiger partial charge in [-0.25, -0.2) is 4.98 Å². The Bertz CT molecular complexity index is 466. The predicted octanol–water partition coefficient (Wildman–Crippen LogP) is 2.37. The minimum atomic E-state index is -0.349. The van der Waals surface area contributed by atoms with E-state index in [0.29, 0.717) is 6.04 Å². The van der Waals surface area contributed by atoms with Gasteiger partial charge in [-0.1, -0.05) is 25.2 Å². The second-order valence-electron chi connectivity index (χ2n) is 6.50. The van der Waals surface area contributed by atoms with Gasteiger partial charge in [0, 0.05) is 13.7 Å². The number of hydrogen-bond acceptors (Lipinski definition) is 5. The molecule has 3 rings (SSSR count). The second-order valence-corrected chi connectivity index (χ2v) is 7.51. The number of aliphatic hydroxyl groups is 1. The van der Waals surface area contributed by atoms with E-state index in [0.717, 1.165) is 48.2 Å². The topological polar surface area (TPSA) is 45.6 Å². The number of ether oxygens (including phenoxy) is 1. The summed E-state index contributed by atoms with van der Waals surface area (Å²) < 4.78 is 5.44. The molecule has 1 N–H and O–H groups in total. The maximum Gasteiger partial charge on any atom is 0.185 e. The van der Waals surface area contributed by atoms with Crippen LogP contribution in [0.1, 0.15) is 43.4 Å². The monoisotopic (exact) mass is 282 g/mol. The third-order valence-electron chi connectivity index (χ3n) is 4.17. The van der Waals surface area contributed by atoms with E-state index < -0.39 is 0 Å². The van der Waals surface area contributed by atoms with Crippen LogP contribution in [0.2, 0.25) is 0 Å². The molecular formula is C14H22N2O2S. The van der Waals surface area contributed by atoms with Crippen LogP contribution >= 0.6 is 11.3 Å². The summed E-state index contributed by atoms with van der Waals surface area (Å²) in [5, 5.41) is 11.3. The highest BCUT2D eigenvalue weighted by molar-refractivity contribution is 7.15. The summed E-state index contributed by atoms with van der Waals surface area (Å²) >= 11 is 1.65. The molecule has 0 aromatic carbocycles. The normalized spacial score (nSPS) is 29.3. The molecule has 19 heavy (non-hydrogen) atoms. The van der Waals surface area contributed by atoms with Crippen molar-refractivity contribution in [2.45, 2.75) is 45.3 Å². The Balaban J connectivity index is 1.85. The van der Waals surface area contributed by atoms with E-state index in [9.17, 15) is 5.11 Å². The van der Waals surface area contributed by atoms with Crippen molar-refractivity contribution in [3.05, 3.63) is 10.6 Å². The number of aromatic nitrogens is 1. The van der Waals surface area contributed by atoms with Crippen LogP contribution in [0, 0.1) is 5.41 Å². The first-order chi connectivity index (χ1) is 8.96. The fourth-order valence-electron chi connectivity index (χ4n) is 3.01. The molecule has 2 unspecified atom stereocenters. The molecular weight excluding hydrogens is 260 g/mol. The largest absolute Gasteiger partial charge is 0.387 e. The Morgan fingerprint density at radius 3 is 2.95 bits per heavy atom. The standard InChI is InChI=1S/C14H22N2O2S/c1-14(2)6-10-12(11(17)7-14)19-13(15-10)16(3)9-4-5-18-8-9/h9,11,17H,4-8H2,1-3H3. The SMILES string of the molecule is CN(c1nc2c(s1)C(O)CC(C)(C)C2)C1CCOC1. The van der Waals surface area contributed by atoms with Gasteiger partial charge >= 0.3 is 0 Å². The highest BCUT2D eigenvalue weighted by atomic mass is 32.1. The first-order valence-corrected chi connectivity index (χ1v) is 7.76. The van der Waals surface area contributed by atoms with Gasteiger partial charge in [-0.3, -0.25) is 0 Å². The van der Waals surface area contributed by atoms with E-state index in [1.807, 2.05) is 0 Å². The van der Waals surface area contributed by atoms with Gasteiger partial charge in [0.05, 0.1) is 29.3 Å². The van der Waals surface area contributed by atoms with E-state index >= 15 is 0 Å². The lowest BCUT2D eigenvalue weighted by molar-refractivity contribution is 0.102. The molecule has 1 saturated heterocycles. The number of aliphatic hydroxyl groups excluding tert-OH is 1. The van der Waals surface area contributed by atoms with Gasteiger partial charge in [0.25, 0.3) is 0 Å². The summed E-state index contributed by atoms with van der Waals surface area (Å²) in [4.78, 5) is 8.06. The first kappa shape index (κ1) is 13.3. The Hall–Kier alpha value is -0.650. The van der Waals surface area contributed by atoms with Crippen LogP contribution in [0.3, 0.4) is 0 Å². The van der Waals surface area contributed by atoms with Crippen molar-refractivity contribution in [1.82, 2.24) is 4.98 Å². The van der Waals surface area contributed by atoms with Crippen molar-refractivity contribution < 1.29 is 9.84 Å². The number of hydrogen-bond donors (Lipinski definition) is 1. The highest BCUT2D eigenvalue weighted by Gasteiger charge is 2.35. The van der Waals surface area contributed by atoms with Gasteiger partial charge in [0.15, 0.2) is 5.13 Å². The lowest BCUT2D eigenvalue weighted by Crippen LogP contribution is -2.31. The summed E-state index contributed by atoms with van der Waals surface area (Å²) in [5.41, 5.74) is 1.24. The molecule has 0 bridgehead atoms. The first-order valence-electron chi connectivity index (χ1n) is 6.94. The summed E-state index contributed by atoms with van der Waals surface area (Å²) in [6, 6.07) is 0.428. The number of thiazole rings is 1. The summed E-state index contributed by atoms with van der Waals surface area (Å²) in [5.74, 6) is 0. The molecule has 1 fully saturated rings. The van der Waals surface area contributed by atoms with Crippen molar-refractivity contribution in [3.8, 4) is 0 Å². The Kier molecular flexibility index (Phi) is 3.31. The van der Waals surface area contributed by atoms with Gasteiger partial charge in [-0.15, -0.1) is 0 Å². The highest BCUT2D eigenvalue weighted by Crippen LogP contribution is 2.44. The third-order valence-corrected chi connectivity index (χ3v) is 5.46. The average Bonchev–Trinajstić information content (AvgIpc) is 2.94. The molecule has 5 heteroatoms.